The van der Waals surface area contributed by atoms with Gasteiger partial charge < -0.3 is 0 Å². The minimum absolute atomic E-state index is 0.0561. The molecule has 0 aliphatic rings. The molecule has 1 heteroatoms. The molecule has 0 amide bonds. The third-order valence-electron chi connectivity index (χ3n) is 1.73. The molecular formula is C12H18O. The van der Waals surface area contributed by atoms with Gasteiger partial charge in [0.25, 0.3) is 0 Å². The zero-order valence-corrected chi connectivity index (χ0v) is 8.81. The third kappa shape index (κ3) is 6.16. The van der Waals surface area contributed by atoms with E-state index in [1.54, 1.807) is 13.0 Å². The molecule has 0 aliphatic carbocycles. The minimum Gasteiger partial charge on any atom is -0.280 e. The summed E-state index contributed by atoms with van der Waals surface area (Å²) in [5.74, 6) is 5.08. The van der Waals surface area contributed by atoms with Crippen molar-refractivity contribution in [2.45, 2.75) is 46.5 Å². The summed E-state index contributed by atoms with van der Waals surface area (Å²) in [6, 6.07) is 0. The summed E-state index contributed by atoms with van der Waals surface area (Å²) in [7, 11) is 0. The minimum atomic E-state index is -0.0561. The lowest BCUT2D eigenvalue weighted by molar-refractivity contribution is -0.109. The highest BCUT2D eigenvalue weighted by Crippen LogP contribution is 2.11. The van der Waals surface area contributed by atoms with E-state index in [1.165, 1.54) is 5.57 Å². The molecule has 0 saturated carbocycles. The Balaban J connectivity index is 4.29. The van der Waals surface area contributed by atoms with E-state index in [0.717, 1.165) is 25.7 Å². The van der Waals surface area contributed by atoms with E-state index >= 15 is 0 Å². The average Bonchev–Trinajstić information content (AvgIpc) is 2.05. The monoisotopic (exact) mass is 178 g/mol. The maximum atomic E-state index is 11.2. The van der Waals surface area contributed by atoms with Crippen LogP contribution >= 0.6 is 0 Å². The first-order valence-electron chi connectivity index (χ1n) is 4.90. The quantitative estimate of drug-likeness (QED) is 0.359. The van der Waals surface area contributed by atoms with Gasteiger partial charge in [0, 0.05) is 0 Å². The van der Waals surface area contributed by atoms with Gasteiger partial charge in [-0.2, -0.15) is 0 Å². The number of hydrogen-bond acceptors (Lipinski definition) is 1. The van der Waals surface area contributed by atoms with Crippen LogP contribution in [0.2, 0.25) is 0 Å². The van der Waals surface area contributed by atoms with Gasteiger partial charge in [0.1, 0.15) is 0 Å². The van der Waals surface area contributed by atoms with Crippen molar-refractivity contribution in [3.63, 3.8) is 0 Å². The number of ketones is 1. The molecule has 0 heterocycles. The van der Waals surface area contributed by atoms with Crippen molar-refractivity contribution in [1.82, 2.24) is 0 Å². The zero-order chi connectivity index (χ0) is 10.1. The summed E-state index contributed by atoms with van der Waals surface area (Å²) in [5, 5.41) is 0. The summed E-state index contributed by atoms with van der Waals surface area (Å²) in [5.41, 5.74) is 1.23. The summed E-state index contributed by atoms with van der Waals surface area (Å²) < 4.78 is 0. The van der Waals surface area contributed by atoms with Crippen LogP contribution in [-0.4, -0.2) is 5.78 Å². The van der Waals surface area contributed by atoms with E-state index in [-0.39, 0.29) is 5.78 Å². The van der Waals surface area contributed by atoms with Crippen molar-refractivity contribution in [2.24, 2.45) is 0 Å². The molecule has 0 N–H and O–H groups in total. The van der Waals surface area contributed by atoms with Crippen molar-refractivity contribution in [3.8, 4) is 11.8 Å². The molecule has 0 spiro atoms. The van der Waals surface area contributed by atoms with Crippen molar-refractivity contribution in [1.29, 1.82) is 0 Å². The molecule has 0 rings (SSSR count). The van der Waals surface area contributed by atoms with Gasteiger partial charge in [-0.15, -0.1) is 0 Å². The fraction of sp³-hybridized carbons (Fsp3) is 0.583. The van der Waals surface area contributed by atoms with Gasteiger partial charge in [0.15, 0.2) is 0 Å². The van der Waals surface area contributed by atoms with Crippen molar-refractivity contribution in [2.75, 3.05) is 0 Å². The smallest absolute Gasteiger partial charge is 0.228 e. The molecule has 0 aliphatic heterocycles. The number of hydrogen-bond donors (Lipinski definition) is 0. The van der Waals surface area contributed by atoms with Gasteiger partial charge in [0.05, 0.1) is 0 Å². The molecule has 0 fully saturated rings. The fourth-order valence-corrected chi connectivity index (χ4v) is 1.26. The molecule has 1 nitrogen and oxygen atoms in total. The lowest BCUT2D eigenvalue weighted by atomic mass is 10.0. The molecule has 72 valence electrons. The Labute approximate surface area is 81.2 Å². The third-order valence-corrected chi connectivity index (χ3v) is 1.73. The molecule has 0 aromatic rings. The Morgan fingerprint density at radius 2 is 1.77 bits per heavy atom. The maximum absolute atomic E-state index is 11.2. The number of carbonyl (C=O) groups is 1. The Morgan fingerprint density at radius 1 is 1.23 bits per heavy atom. The highest BCUT2D eigenvalue weighted by Gasteiger charge is 1.97. The zero-order valence-electron chi connectivity index (χ0n) is 8.81. The van der Waals surface area contributed by atoms with Crippen LogP contribution in [0.4, 0.5) is 0 Å². The standard InChI is InChI=1S/C12H18O/c1-4-7-11(8-5-2)10-12(13)9-6-3/h10H,4-5,7-8H2,1-3H3. The average molecular weight is 178 g/mol. The normalized spacial score (nSPS) is 8.54. The van der Waals surface area contributed by atoms with Gasteiger partial charge in [-0.25, -0.2) is 0 Å². The molecule has 0 saturated heterocycles. The van der Waals surface area contributed by atoms with Crippen LogP contribution in [-0.2, 0) is 4.79 Å². The Bertz CT molecular complexity index is 230. The van der Waals surface area contributed by atoms with E-state index in [4.69, 9.17) is 0 Å². The predicted molar refractivity (Wildman–Crippen MR) is 56.4 cm³/mol. The molecular weight excluding hydrogens is 160 g/mol. The number of carbonyl (C=O) groups excluding carboxylic acids is 1. The number of rotatable bonds is 5. The van der Waals surface area contributed by atoms with Gasteiger partial charge in [0.2, 0.25) is 5.78 Å². The van der Waals surface area contributed by atoms with Crippen molar-refractivity contribution >= 4 is 5.78 Å². The summed E-state index contributed by atoms with van der Waals surface area (Å²) >= 11 is 0. The highest BCUT2D eigenvalue weighted by atomic mass is 16.1. The van der Waals surface area contributed by atoms with Gasteiger partial charge in [-0.3, -0.25) is 4.79 Å². The van der Waals surface area contributed by atoms with Gasteiger partial charge in [-0.1, -0.05) is 38.2 Å². The topological polar surface area (TPSA) is 17.1 Å². The first kappa shape index (κ1) is 12.0. The van der Waals surface area contributed by atoms with Crippen molar-refractivity contribution in [3.05, 3.63) is 11.6 Å². The van der Waals surface area contributed by atoms with Crippen LogP contribution in [0.25, 0.3) is 0 Å². The van der Waals surface area contributed by atoms with Gasteiger partial charge in [-0.05, 0) is 31.8 Å². The van der Waals surface area contributed by atoms with Crippen LogP contribution in [0.1, 0.15) is 46.5 Å². The molecule has 0 bridgehead atoms. The van der Waals surface area contributed by atoms with E-state index < -0.39 is 0 Å². The van der Waals surface area contributed by atoms with E-state index in [2.05, 4.69) is 25.7 Å². The molecule has 0 aromatic heterocycles. The van der Waals surface area contributed by atoms with Gasteiger partial charge >= 0.3 is 0 Å². The maximum Gasteiger partial charge on any atom is 0.228 e. The van der Waals surface area contributed by atoms with Crippen LogP contribution in [0.3, 0.4) is 0 Å². The van der Waals surface area contributed by atoms with Crippen LogP contribution in [0, 0.1) is 11.8 Å². The second-order valence-electron chi connectivity index (χ2n) is 3.04. The van der Waals surface area contributed by atoms with Crippen molar-refractivity contribution < 1.29 is 4.79 Å². The van der Waals surface area contributed by atoms with E-state index in [1.807, 2.05) is 0 Å². The molecule has 0 unspecified atom stereocenters. The van der Waals surface area contributed by atoms with E-state index in [0.29, 0.717) is 0 Å². The molecule has 0 aromatic carbocycles. The van der Waals surface area contributed by atoms with Crippen LogP contribution < -0.4 is 0 Å². The summed E-state index contributed by atoms with van der Waals surface area (Å²) in [4.78, 5) is 11.2. The largest absolute Gasteiger partial charge is 0.280 e. The van der Waals surface area contributed by atoms with Crippen LogP contribution in [0.15, 0.2) is 11.6 Å². The first-order valence-corrected chi connectivity index (χ1v) is 4.90. The lowest BCUT2D eigenvalue weighted by Gasteiger charge is -2.01. The highest BCUT2D eigenvalue weighted by molar-refractivity contribution is 6.04. The van der Waals surface area contributed by atoms with E-state index in [9.17, 15) is 4.79 Å². The fourth-order valence-electron chi connectivity index (χ4n) is 1.26. The second kappa shape index (κ2) is 7.61. The Kier molecular flexibility index (Phi) is 7.01. The molecule has 13 heavy (non-hydrogen) atoms. The Hall–Kier alpha value is -1.03. The Morgan fingerprint density at radius 3 is 2.15 bits per heavy atom. The predicted octanol–water partition coefficient (Wildman–Crippen LogP) is 3.11. The second-order valence-corrected chi connectivity index (χ2v) is 3.04. The van der Waals surface area contributed by atoms with Crippen LogP contribution in [0.5, 0.6) is 0 Å². The molecule has 0 atom stereocenters. The molecule has 0 radical (unpaired) electrons. The summed E-state index contributed by atoms with van der Waals surface area (Å²) in [6.45, 7) is 5.93. The lowest BCUT2D eigenvalue weighted by Crippen LogP contribution is -1.91. The first-order chi connectivity index (χ1) is 6.24. The summed E-state index contributed by atoms with van der Waals surface area (Å²) in [6.07, 6.45) is 5.93. The number of allylic oxidation sites excluding steroid dienone is 2. The SMILES string of the molecule is CC#CC(=O)C=C(CCC)CCC.